The molecule has 108 valence electrons. The van der Waals surface area contributed by atoms with Crippen LogP contribution < -0.4 is 0 Å². The highest BCUT2D eigenvalue weighted by Crippen LogP contribution is 2.44. The highest BCUT2D eigenvalue weighted by molar-refractivity contribution is 8.16. The molecule has 1 heterocycles. The van der Waals surface area contributed by atoms with E-state index >= 15 is 0 Å². The number of carbonyl (C=O) groups excluding carboxylic acids is 1. The van der Waals surface area contributed by atoms with E-state index in [0.717, 1.165) is 27.2 Å². The summed E-state index contributed by atoms with van der Waals surface area (Å²) in [5.74, 6) is 0. The normalized spacial score (nSPS) is 14.1. The SMILES string of the molecule is CC(C=O)=C1C=C(c2ccccc2)SC(c2ccccc2)=C1. The molecule has 1 aliphatic rings. The fourth-order valence-corrected chi connectivity index (χ4v) is 3.40. The Kier molecular flexibility index (Phi) is 4.40. The second-order valence-electron chi connectivity index (χ2n) is 5.11. The van der Waals surface area contributed by atoms with Crippen LogP contribution in [0.4, 0.5) is 0 Å². The fraction of sp³-hybridized carbons (Fsp3) is 0.0500. The molecule has 3 rings (SSSR count). The van der Waals surface area contributed by atoms with Gasteiger partial charge in [0.15, 0.2) is 0 Å². The zero-order chi connectivity index (χ0) is 15.4. The van der Waals surface area contributed by atoms with Crippen molar-refractivity contribution < 1.29 is 4.79 Å². The Morgan fingerprint density at radius 1 is 0.818 bits per heavy atom. The van der Waals surface area contributed by atoms with Crippen LogP contribution in [0.5, 0.6) is 0 Å². The van der Waals surface area contributed by atoms with Gasteiger partial charge in [-0.2, -0.15) is 0 Å². The minimum atomic E-state index is 0.752. The maximum Gasteiger partial charge on any atom is 0.146 e. The molecule has 1 nitrogen and oxygen atoms in total. The Balaban J connectivity index is 2.08. The van der Waals surface area contributed by atoms with Crippen LogP contribution in [-0.2, 0) is 4.79 Å². The first-order chi connectivity index (χ1) is 10.8. The topological polar surface area (TPSA) is 17.1 Å². The third-order valence-corrected chi connectivity index (χ3v) is 4.69. The van der Waals surface area contributed by atoms with Crippen LogP contribution in [0.3, 0.4) is 0 Å². The molecule has 0 saturated heterocycles. The third kappa shape index (κ3) is 3.12. The summed E-state index contributed by atoms with van der Waals surface area (Å²) in [6, 6.07) is 20.6. The molecule has 1 aliphatic heterocycles. The van der Waals surface area contributed by atoms with Crippen LogP contribution in [0.25, 0.3) is 9.81 Å². The van der Waals surface area contributed by atoms with E-state index < -0.39 is 0 Å². The van der Waals surface area contributed by atoms with E-state index in [0.29, 0.717) is 0 Å². The number of allylic oxidation sites excluding steroid dienone is 4. The Morgan fingerprint density at radius 3 is 1.68 bits per heavy atom. The molecule has 0 spiro atoms. The van der Waals surface area contributed by atoms with Crippen LogP contribution in [0.2, 0.25) is 0 Å². The lowest BCUT2D eigenvalue weighted by Crippen LogP contribution is -1.94. The molecule has 0 saturated carbocycles. The Hall–Kier alpha value is -2.32. The van der Waals surface area contributed by atoms with Gasteiger partial charge in [-0.25, -0.2) is 0 Å². The van der Waals surface area contributed by atoms with E-state index in [1.807, 2.05) is 43.3 Å². The van der Waals surface area contributed by atoms with Crippen molar-refractivity contribution >= 4 is 27.9 Å². The molecule has 2 aromatic rings. The van der Waals surface area contributed by atoms with Gasteiger partial charge in [0, 0.05) is 9.81 Å². The standard InChI is InChI=1S/C20H16OS/c1-15(14-21)18-12-19(16-8-4-2-5-9-16)22-20(13-18)17-10-6-3-7-11-17/h2-14H,1H3. The summed E-state index contributed by atoms with van der Waals surface area (Å²) in [6.45, 7) is 1.86. The Labute approximate surface area is 135 Å². The molecule has 0 unspecified atom stereocenters. The van der Waals surface area contributed by atoms with Crippen molar-refractivity contribution in [3.8, 4) is 0 Å². The van der Waals surface area contributed by atoms with Crippen LogP contribution in [0.1, 0.15) is 18.1 Å². The highest BCUT2D eigenvalue weighted by Gasteiger charge is 2.15. The zero-order valence-corrected chi connectivity index (χ0v) is 13.1. The fourth-order valence-electron chi connectivity index (χ4n) is 2.29. The number of hydrogen-bond donors (Lipinski definition) is 0. The predicted octanol–water partition coefficient (Wildman–Crippen LogP) is 5.33. The molecule has 0 aliphatic carbocycles. The molecule has 22 heavy (non-hydrogen) atoms. The van der Waals surface area contributed by atoms with Gasteiger partial charge in [0.2, 0.25) is 0 Å². The summed E-state index contributed by atoms with van der Waals surface area (Å²) in [4.78, 5) is 13.5. The average molecular weight is 304 g/mol. The number of thioether (sulfide) groups is 1. The number of hydrogen-bond acceptors (Lipinski definition) is 2. The molecule has 0 N–H and O–H groups in total. The van der Waals surface area contributed by atoms with Crippen molar-refractivity contribution in [3.05, 3.63) is 95.1 Å². The first-order valence-corrected chi connectivity index (χ1v) is 7.98. The summed E-state index contributed by atoms with van der Waals surface area (Å²) in [7, 11) is 0. The monoisotopic (exact) mass is 304 g/mol. The molecular weight excluding hydrogens is 288 g/mol. The largest absolute Gasteiger partial charge is 0.298 e. The third-order valence-electron chi connectivity index (χ3n) is 3.54. The smallest absolute Gasteiger partial charge is 0.146 e. The van der Waals surface area contributed by atoms with E-state index in [1.165, 1.54) is 11.1 Å². The molecule has 0 aromatic heterocycles. The maximum absolute atomic E-state index is 11.2. The molecule has 2 heteroatoms. The summed E-state index contributed by atoms with van der Waals surface area (Å²) in [5.41, 5.74) is 4.07. The second kappa shape index (κ2) is 6.63. The molecular formula is C20H16OS. The molecule has 2 aromatic carbocycles. The molecule has 0 atom stereocenters. The van der Waals surface area contributed by atoms with Gasteiger partial charge in [0.25, 0.3) is 0 Å². The van der Waals surface area contributed by atoms with Crippen LogP contribution in [0.15, 0.2) is 84.0 Å². The Morgan fingerprint density at radius 2 is 1.27 bits per heavy atom. The molecule has 0 fully saturated rings. The minimum absolute atomic E-state index is 0.752. The van der Waals surface area contributed by atoms with Crippen molar-refractivity contribution in [1.29, 1.82) is 0 Å². The van der Waals surface area contributed by atoms with Gasteiger partial charge in [-0.3, -0.25) is 4.79 Å². The van der Waals surface area contributed by atoms with Gasteiger partial charge in [-0.1, -0.05) is 72.4 Å². The van der Waals surface area contributed by atoms with Crippen LogP contribution >= 0.6 is 11.8 Å². The lowest BCUT2D eigenvalue weighted by atomic mass is 10.1. The van der Waals surface area contributed by atoms with Crippen molar-refractivity contribution in [3.63, 3.8) is 0 Å². The lowest BCUT2D eigenvalue weighted by molar-refractivity contribution is -0.104. The van der Waals surface area contributed by atoms with Crippen molar-refractivity contribution in [2.24, 2.45) is 0 Å². The number of carbonyl (C=O) groups is 1. The quantitative estimate of drug-likeness (QED) is 0.563. The molecule has 0 bridgehead atoms. The Bertz CT molecular complexity index is 710. The summed E-state index contributed by atoms with van der Waals surface area (Å²) < 4.78 is 0. The zero-order valence-electron chi connectivity index (χ0n) is 12.3. The van der Waals surface area contributed by atoms with Crippen molar-refractivity contribution in [2.45, 2.75) is 6.92 Å². The number of rotatable bonds is 3. The molecule has 0 amide bonds. The van der Waals surface area contributed by atoms with Gasteiger partial charge >= 0.3 is 0 Å². The van der Waals surface area contributed by atoms with Crippen molar-refractivity contribution in [2.75, 3.05) is 0 Å². The minimum Gasteiger partial charge on any atom is -0.298 e. The van der Waals surface area contributed by atoms with Gasteiger partial charge in [-0.15, -0.1) is 0 Å². The van der Waals surface area contributed by atoms with E-state index in [1.54, 1.807) is 11.8 Å². The maximum atomic E-state index is 11.2. The van der Waals surface area contributed by atoms with Gasteiger partial charge < -0.3 is 0 Å². The lowest BCUT2D eigenvalue weighted by Gasteiger charge is -2.17. The van der Waals surface area contributed by atoms with E-state index in [2.05, 4.69) is 36.4 Å². The first kappa shape index (κ1) is 14.6. The highest BCUT2D eigenvalue weighted by atomic mass is 32.2. The predicted molar refractivity (Wildman–Crippen MR) is 95.2 cm³/mol. The number of benzene rings is 2. The van der Waals surface area contributed by atoms with Gasteiger partial charge in [0.05, 0.1) is 0 Å². The summed E-state index contributed by atoms with van der Waals surface area (Å²) in [6.07, 6.45) is 5.11. The van der Waals surface area contributed by atoms with Gasteiger partial charge in [-0.05, 0) is 41.3 Å². The average Bonchev–Trinajstić information content (AvgIpc) is 2.62. The van der Waals surface area contributed by atoms with E-state index in [9.17, 15) is 4.79 Å². The summed E-state index contributed by atoms with van der Waals surface area (Å²) in [5, 5.41) is 0. The first-order valence-electron chi connectivity index (χ1n) is 7.16. The number of aldehydes is 1. The van der Waals surface area contributed by atoms with Crippen molar-refractivity contribution in [1.82, 2.24) is 0 Å². The second-order valence-corrected chi connectivity index (χ2v) is 6.19. The van der Waals surface area contributed by atoms with Gasteiger partial charge in [0.1, 0.15) is 6.29 Å². The van der Waals surface area contributed by atoms with E-state index in [4.69, 9.17) is 0 Å². The van der Waals surface area contributed by atoms with Crippen LogP contribution in [-0.4, -0.2) is 6.29 Å². The van der Waals surface area contributed by atoms with Crippen LogP contribution in [0, 0.1) is 0 Å². The van der Waals surface area contributed by atoms with E-state index in [-0.39, 0.29) is 0 Å². The summed E-state index contributed by atoms with van der Waals surface area (Å²) >= 11 is 1.74. The molecule has 0 radical (unpaired) electrons.